The summed E-state index contributed by atoms with van der Waals surface area (Å²) in [6, 6.07) is 6.17. The lowest BCUT2D eigenvalue weighted by Crippen LogP contribution is -2.09. The van der Waals surface area contributed by atoms with E-state index < -0.39 is 17.7 Å². The fourth-order valence-electron chi connectivity index (χ4n) is 1.58. The zero-order valence-corrected chi connectivity index (χ0v) is 9.45. The first-order valence-corrected chi connectivity index (χ1v) is 5.19. The number of alkyl halides is 3. The second-order valence-electron chi connectivity index (χ2n) is 3.81. The molecule has 0 aliphatic carbocycles. The number of benzene rings is 1. The molecule has 0 atom stereocenters. The largest absolute Gasteiger partial charge is 0.435 e. The van der Waals surface area contributed by atoms with Crippen LogP contribution in [0.3, 0.4) is 0 Å². The summed E-state index contributed by atoms with van der Waals surface area (Å²) in [5.74, 6) is -0.558. The van der Waals surface area contributed by atoms with Crippen LogP contribution in [0.4, 0.5) is 17.6 Å². The predicted molar refractivity (Wildman–Crippen MR) is 57.4 cm³/mol. The van der Waals surface area contributed by atoms with E-state index >= 15 is 0 Å². The van der Waals surface area contributed by atoms with Crippen molar-refractivity contribution in [3.63, 3.8) is 0 Å². The molecule has 2 rings (SSSR count). The first kappa shape index (κ1) is 13.1. The first-order chi connectivity index (χ1) is 8.90. The van der Waals surface area contributed by atoms with Crippen LogP contribution in [0.5, 0.6) is 0 Å². The lowest BCUT2D eigenvalue weighted by atomic mass is 10.1. The molecule has 1 heterocycles. The average Bonchev–Trinajstić information content (AvgIpc) is 2.77. The normalized spacial score (nSPS) is 11.3. The van der Waals surface area contributed by atoms with Gasteiger partial charge in [-0.25, -0.2) is 4.39 Å². The SMILES string of the molecule is N#Cc1ccc(F)cc1Cn1ccc(C(F)(F)F)n1. The topological polar surface area (TPSA) is 41.6 Å². The molecule has 7 heteroatoms. The Labute approximate surface area is 105 Å². The van der Waals surface area contributed by atoms with Crippen molar-refractivity contribution in [1.29, 1.82) is 5.26 Å². The number of nitrogens with zero attached hydrogens (tertiary/aromatic N) is 3. The van der Waals surface area contributed by atoms with E-state index in [4.69, 9.17) is 5.26 Å². The Morgan fingerprint density at radius 1 is 1.26 bits per heavy atom. The highest BCUT2D eigenvalue weighted by Gasteiger charge is 2.33. The molecule has 0 saturated carbocycles. The summed E-state index contributed by atoms with van der Waals surface area (Å²) in [6.07, 6.45) is -3.39. The van der Waals surface area contributed by atoms with Crippen molar-refractivity contribution in [2.75, 3.05) is 0 Å². The maximum Gasteiger partial charge on any atom is 0.435 e. The molecule has 0 aliphatic rings. The summed E-state index contributed by atoms with van der Waals surface area (Å²) in [4.78, 5) is 0. The van der Waals surface area contributed by atoms with E-state index in [0.29, 0.717) is 0 Å². The molecular formula is C12H7F4N3. The minimum absolute atomic E-state index is 0.100. The fraction of sp³-hybridized carbons (Fsp3) is 0.167. The minimum Gasteiger partial charge on any atom is -0.268 e. The van der Waals surface area contributed by atoms with Gasteiger partial charge in [-0.2, -0.15) is 23.5 Å². The Kier molecular flexibility index (Phi) is 3.25. The zero-order valence-electron chi connectivity index (χ0n) is 9.45. The highest BCUT2D eigenvalue weighted by Crippen LogP contribution is 2.27. The van der Waals surface area contributed by atoms with Crippen LogP contribution in [0.1, 0.15) is 16.8 Å². The minimum atomic E-state index is -4.52. The van der Waals surface area contributed by atoms with Gasteiger partial charge in [0, 0.05) is 6.20 Å². The quantitative estimate of drug-likeness (QED) is 0.786. The van der Waals surface area contributed by atoms with Gasteiger partial charge in [0.15, 0.2) is 5.69 Å². The maximum atomic E-state index is 13.1. The summed E-state index contributed by atoms with van der Waals surface area (Å²) in [5.41, 5.74) is -0.549. The van der Waals surface area contributed by atoms with Gasteiger partial charge in [0.25, 0.3) is 0 Å². The van der Waals surface area contributed by atoms with Gasteiger partial charge in [0.2, 0.25) is 0 Å². The van der Waals surface area contributed by atoms with Crippen molar-refractivity contribution in [2.24, 2.45) is 0 Å². The smallest absolute Gasteiger partial charge is 0.268 e. The van der Waals surface area contributed by atoms with E-state index in [1.807, 2.05) is 6.07 Å². The summed E-state index contributed by atoms with van der Waals surface area (Å²) in [6.45, 7) is -0.100. The van der Waals surface area contributed by atoms with Gasteiger partial charge in [-0.05, 0) is 29.8 Å². The standard InChI is InChI=1S/C12H7F4N3/c13-10-2-1-8(6-17)9(5-10)7-19-4-3-11(18-19)12(14,15)16/h1-5H,7H2. The van der Waals surface area contributed by atoms with Crippen molar-refractivity contribution in [2.45, 2.75) is 12.7 Å². The highest BCUT2D eigenvalue weighted by atomic mass is 19.4. The third kappa shape index (κ3) is 2.91. The second-order valence-corrected chi connectivity index (χ2v) is 3.81. The van der Waals surface area contributed by atoms with E-state index in [0.717, 1.165) is 29.1 Å². The van der Waals surface area contributed by atoms with E-state index in [-0.39, 0.29) is 17.7 Å². The number of hydrogen-bond donors (Lipinski definition) is 0. The van der Waals surface area contributed by atoms with Gasteiger partial charge < -0.3 is 0 Å². The lowest BCUT2D eigenvalue weighted by molar-refractivity contribution is -0.141. The molecule has 0 unspecified atom stereocenters. The van der Waals surface area contributed by atoms with Crippen LogP contribution in [0.2, 0.25) is 0 Å². The number of aromatic nitrogens is 2. The van der Waals surface area contributed by atoms with Crippen molar-refractivity contribution in [3.8, 4) is 6.07 Å². The molecule has 0 saturated heterocycles. The van der Waals surface area contributed by atoms with Crippen LogP contribution < -0.4 is 0 Å². The van der Waals surface area contributed by atoms with Crippen LogP contribution in [0.25, 0.3) is 0 Å². The summed E-state index contributed by atoms with van der Waals surface area (Å²) < 4.78 is 51.2. The van der Waals surface area contributed by atoms with Crippen molar-refractivity contribution in [3.05, 3.63) is 53.1 Å². The molecule has 1 aromatic carbocycles. The Bertz CT molecular complexity index is 637. The van der Waals surface area contributed by atoms with Gasteiger partial charge in [0.05, 0.1) is 18.2 Å². The lowest BCUT2D eigenvalue weighted by Gasteiger charge is -2.05. The zero-order chi connectivity index (χ0) is 14.0. The number of halogens is 4. The molecule has 0 radical (unpaired) electrons. The number of hydrogen-bond acceptors (Lipinski definition) is 2. The molecule has 0 amide bonds. The number of nitriles is 1. The number of rotatable bonds is 2. The summed E-state index contributed by atoms with van der Waals surface area (Å²) >= 11 is 0. The summed E-state index contributed by atoms with van der Waals surface area (Å²) in [5, 5.41) is 12.2. The third-order valence-corrected chi connectivity index (χ3v) is 2.45. The van der Waals surface area contributed by atoms with Gasteiger partial charge in [-0.15, -0.1) is 0 Å². The van der Waals surface area contributed by atoms with Crippen molar-refractivity contribution >= 4 is 0 Å². The van der Waals surface area contributed by atoms with E-state index in [1.165, 1.54) is 6.07 Å². The molecule has 0 bridgehead atoms. The van der Waals surface area contributed by atoms with Crippen LogP contribution in [-0.4, -0.2) is 9.78 Å². The molecule has 0 aliphatic heterocycles. The molecule has 0 spiro atoms. The van der Waals surface area contributed by atoms with Gasteiger partial charge in [0.1, 0.15) is 5.82 Å². The van der Waals surface area contributed by atoms with Crippen LogP contribution >= 0.6 is 0 Å². The Balaban J connectivity index is 2.29. The third-order valence-electron chi connectivity index (χ3n) is 2.45. The van der Waals surface area contributed by atoms with Gasteiger partial charge in [-0.3, -0.25) is 4.68 Å². The Morgan fingerprint density at radius 3 is 2.58 bits per heavy atom. The first-order valence-electron chi connectivity index (χ1n) is 5.19. The van der Waals surface area contributed by atoms with E-state index in [1.54, 1.807) is 0 Å². The van der Waals surface area contributed by atoms with Crippen molar-refractivity contribution in [1.82, 2.24) is 9.78 Å². The fourth-order valence-corrected chi connectivity index (χ4v) is 1.58. The average molecular weight is 269 g/mol. The molecule has 0 N–H and O–H groups in total. The van der Waals surface area contributed by atoms with Gasteiger partial charge >= 0.3 is 6.18 Å². The maximum absolute atomic E-state index is 13.1. The molecule has 2 aromatic rings. The molecule has 98 valence electrons. The predicted octanol–water partition coefficient (Wildman–Crippen LogP) is 2.96. The Morgan fingerprint density at radius 2 is 2.00 bits per heavy atom. The molecule has 0 fully saturated rings. The second kappa shape index (κ2) is 4.72. The van der Waals surface area contributed by atoms with E-state index in [9.17, 15) is 17.6 Å². The summed E-state index contributed by atoms with van der Waals surface area (Å²) in [7, 11) is 0. The van der Waals surface area contributed by atoms with Crippen LogP contribution in [-0.2, 0) is 12.7 Å². The highest BCUT2D eigenvalue weighted by molar-refractivity contribution is 5.37. The van der Waals surface area contributed by atoms with Crippen LogP contribution in [0, 0.1) is 17.1 Å². The van der Waals surface area contributed by atoms with Crippen LogP contribution in [0.15, 0.2) is 30.5 Å². The Hall–Kier alpha value is -2.36. The van der Waals surface area contributed by atoms with Gasteiger partial charge in [-0.1, -0.05) is 0 Å². The molecule has 1 aromatic heterocycles. The van der Waals surface area contributed by atoms with Crippen molar-refractivity contribution < 1.29 is 17.6 Å². The molecule has 19 heavy (non-hydrogen) atoms. The molecular weight excluding hydrogens is 262 g/mol. The monoisotopic (exact) mass is 269 g/mol. The van der Waals surface area contributed by atoms with E-state index in [2.05, 4.69) is 5.10 Å². The molecule has 3 nitrogen and oxygen atoms in total.